The van der Waals surface area contributed by atoms with Crippen LogP contribution in [0, 0.1) is 0 Å². The molecule has 4 nitrogen and oxygen atoms in total. The average Bonchev–Trinajstić information content (AvgIpc) is 2.46. The molecule has 0 atom stereocenters. The number of aromatic nitrogens is 1. The number of hydrogen-bond donors (Lipinski definition) is 0. The first-order valence-electron chi connectivity index (χ1n) is 5.50. The van der Waals surface area contributed by atoms with Crippen LogP contribution in [-0.2, 0) is 11.3 Å². The Bertz CT molecular complexity index is 514. The Morgan fingerprint density at radius 1 is 1.16 bits per heavy atom. The Kier molecular flexibility index (Phi) is 5.82. The number of rotatable bonds is 4. The van der Waals surface area contributed by atoms with E-state index in [1.165, 1.54) is 0 Å². The number of carbonyl (C=O) groups excluding carboxylic acids is 1. The van der Waals surface area contributed by atoms with Crippen molar-refractivity contribution in [3.05, 3.63) is 59.9 Å². The molecule has 0 aliphatic carbocycles. The standard InChI is InChI=1S/C14H13NO3.ClH/c1-17-13-7-5-11(6-8-13)14(16)18-10-12-4-2-3-9-15-12;/h2-9H,10H2,1H3;1H. The maximum atomic E-state index is 11.7. The van der Waals surface area contributed by atoms with Gasteiger partial charge >= 0.3 is 5.97 Å². The third-order valence-electron chi connectivity index (χ3n) is 2.40. The van der Waals surface area contributed by atoms with E-state index in [0.29, 0.717) is 11.3 Å². The molecule has 0 fully saturated rings. The predicted octanol–water partition coefficient (Wildman–Crippen LogP) is 2.87. The highest BCUT2D eigenvalue weighted by Crippen LogP contribution is 2.12. The number of nitrogens with zero attached hydrogens (tertiary/aromatic N) is 1. The molecule has 0 saturated carbocycles. The Morgan fingerprint density at radius 2 is 1.89 bits per heavy atom. The zero-order valence-electron chi connectivity index (χ0n) is 10.4. The molecular formula is C14H14ClNO3. The van der Waals surface area contributed by atoms with Crippen molar-refractivity contribution in [1.29, 1.82) is 0 Å². The lowest BCUT2D eigenvalue weighted by molar-refractivity contribution is 0.0467. The van der Waals surface area contributed by atoms with Crippen molar-refractivity contribution in [1.82, 2.24) is 4.98 Å². The van der Waals surface area contributed by atoms with E-state index in [-0.39, 0.29) is 25.0 Å². The van der Waals surface area contributed by atoms with Gasteiger partial charge in [0.05, 0.1) is 18.4 Å². The van der Waals surface area contributed by atoms with Gasteiger partial charge in [0.1, 0.15) is 12.4 Å². The van der Waals surface area contributed by atoms with Crippen molar-refractivity contribution in [3.63, 3.8) is 0 Å². The van der Waals surface area contributed by atoms with Crippen LogP contribution in [0.4, 0.5) is 0 Å². The second kappa shape index (κ2) is 7.38. The van der Waals surface area contributed by atoms with Gasteiger partial charge in [0.15, 0.2) is 0 Å². The molecule has 100 valence electrons. The van der Waals surface area contributed by atoms with Gasteiger partial charge in [-0.3, -0.25) is 4.98 Å². The maximum absolute atomic E-state index is 11.7. The van der Waals surface area contributed by atoms with E-state index in [2.05, 4.69) is 4.98 Å². The third-order valence-corrected chi connectivity index (χ3v) is 2.40. The van der Waals surface area contributed by atoms with Gasteiger partial charge in [0.25, 0.3) is 0 Å². The van der Waals surface area contributed by atoms with E-state index >= 15 is 0 Å². The molecule has 2 rings (SSSR count). The van der Waals surface area contributed by atoms with Crippen molar-refractivity contribution in [2.45, 2.75) is 6.61 Å². The van der Waals surface area contributed by atoms with Crippen molar-refractivity contribution in [2.24, 2.45) is 0 Å². The molecular weight excluding hydrogens is 266 g/mol. The number of ether oxygens (including phenoxy) is 2. The smallest absolute Gasteiger partial charge is 0.338 e. The van der Waals surface area contributed by atoms with Gasteiger partial charge in [-0.05, 0) is 36.4 Å². The van der Waals surface area contributed by atoms with Crippen LogP contribution >= 0.6 is 12.4 Å². The first-order valence-corrected chi connectivity index (χ1v) is 5.50. The molecule has 19 heavy (non-hydrogen) atoms. The normalized spacial score (nSPS) is 9.32. The lowest BCUT2D eigenvalue weighted by atomic mass is 10.2. The highest BCUT2D eigenvalue weighted by atomic mass is 35.5. The first kappa shape index (κ1) is 15.0. The molecule has 0 aliphatic heterocycles. The third kappa shape index (κ3) is 4.26. The van der Waals surface area contributed by atoms with Crippen molar-refractivity contribution < 1.29 is 14.3 Å². The van der Waals surface area contributed by atoms with Crippen LogP contribution in [0.15, 0.2) is 48.7 Å². The Morgan fingerprint density at radius 3 is 2.47 bits per heavy atom. The van der Waals surface area contributed by atoms with Crippen LogP contribution in [0.1, 0.15) is 16.1 Å². The van der Waals surface area contributed by atoms with Crippen LogP contribution in [0.3, 0.4) is 0 Å². The highest BCUT2D eigenvalue weighted by molar-refractivity contribution is 5.89. The number of methoxy groups -OCH3 is 1. The number of pyridine rings is 1. The van der Waals surface area contributed by atoms with E-state index in [4.69, 9.17) is 9.47 Å². The van der Waals surface area contributed by atoms with Crippen LogP contribution in [0.5, 0.6) is 5.75 Å². The number of halogens is 1. The summed E-state index contributed by atoms with van der Waals surface area (Å²) in [6.45, 7) is 0.172. The summed E-state index contributed by atoms with van der Waals surface area (Å²) in [4.78, 5) is 15.8. The summed E-state index contributed by atoms with van der Waals surface area (Å²) in [6.07, 6.45) is 1.66. The molecule has 0 unspecified atom stereocenters. The fourth-order valence-corrected chi connectivity index (χ4v) is 1.43. The van der Waals surface area contributed by atoms with Gasteiger partial charge in [-0.25, -0.2) is 4.79 Å². The van der Waals surface area contributed by atoms with Gasteiger partial charge in [-0.1, -0.05) is 6.07 Å². The minimum atomic E-state index is -0.372. The first-order chi connectivity index (χ1) is 8.79. The molecule has 0 bridgehead atoms. The lowest BCUT2D eigenvalue weighted by Crippen LogP contribution is -2.05. The van der Waals surface area contributed by atoms with E-state index in [9.17, 15) is 4.79 Å². The number of hydrogen-bond acceptors (Lipinski definition) is 4. The number of carbonyl (C=O) groups is 1. The van der Waals surface area contributed by atoms with Crippen molar-refractivity contribution >= 4 is 18.4 Å². The molecule has 1 aromatic heterocycles. The minimum absolute atomic E-state index is 0. The summed E-state index contributed by atoms with van der Waals surface area (Å²) in [5.74, 6) is 0.333. The summed E-state index contributed by atoms with van der Waals surface area (Å²) in [5, 5.41) is 0. The quantitative estimate of drug-likeness (QED) is 0.808. The summed E-state index contributed by atoms with van der Waals surface area (Å²) in [6, 6.07) is 12.2. The zero-order valence-corrected chi connectivity index (χ0v) is 11.2. The van der Waals surface area contributed by atoms with E-state index in [0.717, 1.165) is 5.69 Å². The van der Waals surface area contributed by atoms with Gasteiger partial charge < -0.3 is 9.47 Å². The monoisotopic (exact) mass is 279 g/mol. The lowest BCUT2D eigenvalue weighted by Gasteiger charge is -2.05. The predicted molar refractivity (Wildman–Crippen MR) is 73.6 cm³/mol. The van der Waals surface area contributed by atoms with Crippen LogP contribution in [0.25, 0.3) is 0 Å². The fourth-order valence-electron chi connectivity index (χ4n) is 1.43. The summed E-state index contributed by atoms with van der Waals surface area (Å²) in [7, 11) is 1.58. The molecule has 1 aromatic carbocycles. The summed E-state index contributed by atoms with van der Waals surface area (Å²) in [5.41, 5.74) is 1.21. The van der Waals surface area contributed by atoms with Crippen LogP contribution < -0.4 is 4.74 Å². The Labute approximate surface area is 117 Å². The van der Waals surface area contributed by atoms with E-state index in [1.54, 1.807) is 43.6 Å². The average molecular weight is 280 g/mol. The van der Waals surface area contributed by atoms with Crippen LogP contribution in [0.2, 0.25) is 0 Å². The molecule has 0 saturated heterocycles. The van der Waals surface area contributed by atoms with Crippen LogP contribution in [-0.4, -0.2) is 18.1 Å². The highest BCUT2D eigenvalue weighted by Gasteiger charge is 2.07. The summed E-state index contributed by atoms with van der Waals surface area (Å²) < 4.78 is 10.2. The number of esters is 1. The van der Waals surface area contributed by atoms with Gasteiger partial charge in [0.2, 0.25) is 0 Å². The van der Waals surface area contributed by atoms with E-state index < -0.39 is 0 Å². The molecule has 0 amide bonds. The second-order valence-electron chi connectivity index (χ2n) is 3.63. The number of benzene rings is 1. The van der Waals surface area contributed by atoms with Gasteiger partial charge in [-0.15, -0.1) is 12.4 Å². The molecule has 0 radical (unpaired) electrons. The minimum Gasteiger partial charge on any atom is -0.497 e. The SMILES string of the molecule is COc1ccc(C(=O)OCc2ccccn2)cc1.Cl. The molecule has 0 spiro atoms. The van der Waals surface area contributed by atoms with Crippen molar-refractivity contribution in [3.8, 4) is 5.75 Å². The molecule has 2 aromatic rings. The molecule has 1 heterocycles. The van der Waals surface area contributed by atoms with E-state index in [1.807, 2.05) is 12.1 Å². The Balaban J connectivity index is 0.00000180. The molecule has 0 aliphatic rings. The van der Waals surface area contributed by atoms with Gasteiger partial charge in [0, 0.05) is 6.20 Å². The largest absolute Gasteiger partial charge is 0.497 e. The van der Waals surface area contributed by atoms with Gasteiger partial charge in [-0.2, -0.15) is 0 Å². The zero-order chi connectivity index (χ0) is 12.8. The topological polar surface area (TPSA) is 48.4 Å². The van der Waals surface area contributed by atoms with Crippen molar-refractivity contribution in [2.75, 3.05) is 7.11 Å². The fraction of sp³-hybridized carbons (Fsp3) is 0.143. The maximum Gasteiger partial charge on any atom is 0.338 e. The molecule has 0 N–H and O–H groups in total. The summed E-state index contributed by atoms with van der Waals surface area (Å²) >= 11 is 0. The molecule has 5 heteroatoms. The Hall–Kier alpha value is -2.07. The second-order valence-corrected chi connectivity index (χ2v) is 3.63.